The second-order valence-corrected chi connectivity index (χ2v) is 5.77. The Labute approximate surface area is 128 Å². The molecular formula is C14H9BrClFN2O. The van der Waals surface area contributed by atoms with Crippen molar-refractivity contribution >= 4 is 44.8 Å². The van der Waals surface area contributed by atoms with Crippen LogP contribution in [0.4, 0.5) is 15.8 Å². The molecule has 2 aromatic carbocycles. The van der Waals surface area contributed by atoms with Crippen molar-refractivity contribution in [3.8, 4) is 0 Å². The molecule has 0 aromatic heterocycles. The lowest BCUT2D eigenvalue weighted by Gasteiger charge is -2.14. The smallest absolute Gasteiger partial charge is 0.251 e. The summed E-state index contributed by atoms with van der Waals surface area (Å²) in [5.41, 5.74) is 1.65. The number of hydrogen-bond acceptors (Lipinski definition) is 2. The third-order valence-electron chi connectivity index (χ3n) is 3.07. The Balaban J connectivity index is 1.97. The largest absolute Gasteiger partial charge is 0.368 e. The molecule has 1 heterocycles. The molecule has 0 bridgehead atoms. The molecule has 1 atom stereocenters. The van der Waals surface area contributed by atoms with E-state index in [2.05, 4.69) is 26.6 Å². The molecule has 1 aliphatic heterocycles. The first-order chi connectivity index (χ1) is 9.54. The topological polar surface area (TPSA) is 41.1 Å². The van der Waals surface area contributed by atoms with E-state index in [-0.39, 0.29) is 11.6 Å². The van der Waals surface area contributed by atoms with Gasteiger partial charge in [-0.05, 0) is 36.4 Å². The highest BCUT2D eigenvalue weighted by Gasteiger charge is 2.31. The molecule has 20 heavy (non-hydrogen) atoms. The first kappa shape index (κ1) is 13.4. The number of carbonyl (C=O) groups excluding carboxylic acids is 1. The molecule has 6 heteroatoms. The lowest BCUT2D eigenvalue weighted by Crippen LogP contribution is -2.20. The molecule has 0 saturated heterocycles. The Morgan fingerprint density at radius 3 is 2.85 bits per heavy atom. The fourth-order valence-corrected chi connectivity index (χ4v) is 2.68. The molecular weight excluding hydrogens is 347 g/mol. The first-order valence-electron chi connectivity index (χ1n) is 5.86. The SMILES string of the molecule is O=C1Nc2ccc(Cl)cc2C1Nc1cc(Br)ccc1F. The van der Waals surface area contributed by atoms with Gasteiger partial charge >= 0.3 is 0 Å². The van der Waals surface area contributed by atoms with Gasteiger partial charge in [-0.3, -0.25) is 4.79 Å². The minimum atomic E-state index is -0.660. The van der Waals surface area contributed by atoms with Crippen LogP contribution in [-0.2, 0) is 4.79 Å². The van der Waals surface area contributed by atoms with E-state index in [0.717, 1.165) is 4.47 Å². The van der Waals surface area contributed by atoms with Crippen LogP contribution < -0.4 is 10.6 Å². The van der Waals surface area contributed by atoms with Crippen molar-refractivity contribution < 1.29 is 9.18 Å². The summed E-state index contributed by atoms with van der Waals surface area (Å²) >= 11 is 9.22. The Hall–Kier alpha value is -1.59. The Kier molecular flexibility index (Phi) is 3.40. The van der Waals surface area contributed by atoms with E-state index >= 15 is 0 Å². The quantitative estimate of drug-likeness (QED) is 0.841. The number of hydrogen-bond donors (Lipinski definition) is 2. The molecule has 1 aliphatic rings. The van der Waals surface area contributed by atoms with Crippen molar-refractivity contribution in [3.05, 3.63) is 57.3 Å². The molecule has 3 nitrogen and oxygen atoms in total. The summed E-state index contributed by atoms with van der Waals surface area (Å²) in [6.45, 7) is 0. The summed E-state index contributed by atoms with van der Waals surface area (Å²) < 4.78 is 14.5. The first-order valence-corrected chi connectivity index (χ1v) is 7.03. The minimum Gasteiger partial charge on any atom is -0.368 e. The van der Waals surface area contributed by atoms with Crippen molar-refractivity contribution in [3.63, 3.8) is 0 Å². The van der Waals surface area contributed by atoms with E-state index in [1.165, 1.54) is 6.07 Å². The van der Waals surface area contributed by atoms with Crippen molar-refractivity contribution in [1.82, 2.24) is 0 Å². The van der Waals surface area contributed by atoms with Gasteiger partial charge in [-0.1, -0.05) is 27.5 Å². The lowest BCUT2D eigenvalue weighted by molar-refractivity contribution is -0.116. The molecule has 1 unspecified atom stereocenters. The van der Waals surface area contributed by atoms with Crippen molar-refractivity contribution in [2.75, 3.05) is 10.6 Å². The Morgan fingerprint density at radius 2 is 2.05 bits per heavy atom. The van der Waals surface area contributed by atoms with Gasteiger partial charge in [-0.15, -0.1) is 0 Å². The third kappa shape index (κ3) is 2.39. The molecule has 0 fully saturated rings. The van der Waals surface area contributed by atoms with E-state index < -0.39 is 11.9 Å². The van der Waals surface area contributed by atoms with Crippen LogP contribution in [-0.4, -0.2) is 5.91 Å². The number of nitrogens with one attached hydrogen (secondary N) is 2. The van der Waals surface area contributed by atoms with Gasteiger partial charge in [0.2, 0.25) is 0 Å². The molecule has 0 radical (unpaired) electrons. The van der Waals surface area contributed by atoms with Crippen LogP contribution in [0.25, 0.3) is 0 Å². The predicted octanol–water partition coefficient (Wildman–Crippen LogP) is 4.35. The average Bonchev–Trinajstić information content (AvgIpc) is 2.70. The minimum absolute atomic E-state index is 0.235. The van der Waals surface area contributed by atoms with Crippen molar-refractivity contribution in [1.29, 1.82) is 0 Å². The average molecular weight is 356 g/mol. The van der Waals surface area contributed by atoms with Crippen LogP contribution in [0.15, 0.2) is 40.9 Å². The molecule has 2 aromatic rings. The van der Waals surface area contributed by atoms with E-state index in [4.69, 9.17) is 11.6 Å². The predicted molar refractivity (Wildman–Crippen MR) is 80.5 cm³/mol. The van der Waals surface area contributed by atoms with E-state index in [0.29, 0.717) is 16.3 Å². The van der Waals surface area contributed by atoms with Gasteiger partial charge in [-0.2, -0.15) is 0 Å². The number of benzene rings is 2. The highest BCUT2D eigenvalue weighted by molar-refractivity contribution is 9.10. The van der Waals surface area contributed by atoms with Crippen LogP contribution in [0.3, 0.4) is 0 Å². The fraction of sp³-hybridized carbons (Fsp3) is 0.0714. The fourth-order valence-electron chi connectivity index (χ4n) is 2.14. The second-order valence-electron chi connectivity index (χ2n) is 4.42. The van der Waals surface area contributed by atoms with Crippen molar-refractivity contribution in [2.45, 2.75) is 6.04 Å². The van der Waals surface area contributed by atoms with E-state index in [9.17, 15) is 9.18 Å². The maximum absolute atomic E-state index is 13.8. The normalized spacial score (nSPS) is 16.8. The monoisotopic (exact) mass is 354 g/mol. The van der Waals surface area contributed by atoms with Crippen LogP contribution in [0.2, 0.25) is 5.02 Å². The summed E-state index contributed by atoms with van der Waals surface area (Å²) in [4.78, 5) is 12.0. The summed E-state index contributed by atoms with van der Waals surface area (Å²) in [6, 6.07) is 8.98. The zero-order chi connectivity index (χ0) is 14.3. The van der Waals surface area contributed by atoms with Crippen LogP contribution in [0.1, 0.15) is 11.6 Å². The van der Waals surface area contributed by atoms with Gasteiger partial charge < -0.3 is 10.6 Å². The number of amides is 1. The molecule has 1 amide bonds. The van der Waals surface area contributed by atoms with Gasteiger partial charge in [0.25, 0.3) is 5.91 Å². The summed E-state index contributed by atoms with van der Waals surface area (Å²) in [7, 11) is 0. The molecule has 0 spiro atoms. The van der Waals surface area contributed by atoms with Gasteiger partial charge in [0, 0.05) is 20.7 Å². The highest BCUT2D eigenvalue weighted by atomic mass is 79.9. The number of halogens is 3. The van der Waals surface area contributed by atoms with Crippen LogP contribution >= 0.6 is 27.5 Å². The number of rotatable bonds is 2. The molecule has 102 valence electrons. The Morgan fingerprint density at radius 1 is 1.25 bits per heavy atom. The van der Waals surface area contributed by atoms with Crippen LogP contribution in [0.5, 0.6) is 0 Å². The zero-order valence-corrected chi connectivity index (χ0v) is 12.4. The second kappa shape index (κ2) is 5.07. The third-order valence-corrected chi connectivity index (χ3v) is 3.80. The summed E-state index contributed by atoms with van der Waals surface area (Å²) in [5, 5.41) is 6.17. The molecule has 2 N–H and O–H groups in total. The summed E-state index contributed by atoms with van der Waals surface area (Å²) in [6.07, 6.45) is 0. The maximum Gasteiger partial charge on any atom is 0.251 e. The lowest BCUT2D eigenvalue weighted by atomic mass is 10.1. The van der Waals surface area contributed by atoms with Gasteiger partial charge in [-0.25, -0.2) is 4.39 Å². The standard InChI is InChI=1S/C14H9BrClFN2O/c15-7-1-3-10(17)12(5-7)18-13-9-6-8(16)2-4-11(9)19-14(13)20/h1-6,13,18H,(H,19,20). The number of fused-ring (bicyclic) bond motifs is 1. The highest BCUT2D eigenvalue weighted by Crippen LogP contribution is 2.35. The van der Waals surface area contributed by atoms with Crippen LogP contribution in [0, 0.1) is 5.82 Å². The van der Waals surface area contributed by atoms with Gasteiger partial charge in [0.1, 0.15) is 11.9 Å². The molecule has 0 aliphatic carbocycles. The van der Waals surface area contributed by atoms with E-state index in [1.807, 2.05) is 0 Å². The van der Waals surface area contributed by atoms with Gasteiger partial charge in [0.05, 0.1) is 5.69 Å². The van der Waals surface area contributed by atoms with Crippen molar-refractivity contribution in [2.24, 2.45) is 0 Å². The van der Waals surface area contributed by atoms with E-state index in [1.54, 1.807) is 30.3 Å². The zero-order valence-electron chi connectivity index (χ0n) is 10.1. The van der Waals surface area contributed by atoms with Gasteiger partial charge in [0.15, 0.2) is 0 Å². The summed E-state index contributed by atoms with van der Waals surface area (Å²) in [5.74, 6) is -0.655. The number of carbonyl (C=O) groups is 1. The Bertz CT molecular complexity index is 708. The maximum atomic E-state index is 13.8. The number of anilines is 2. The molecule has 3 rings (SSSR count). The molecule has 0 saturated carbocycles.